The summed E-state index contributed by atoms with van der Waals surface area (Å²) < 4.78 is 0. The molecule has 96 valence electrons. The van der Waals surface area contributed by atoms with Crippen LogP contribution in [0.2, 0.25) is 0 Å². The Kier molecular flexibility index (Phi) is 3.82. The molecule has 0 radical (unpaired) electrons. The van der Waals surface area contributed by atoms with Crippen LogP contribution in [0.25, 0.3) is 5.57 Å². The number of nitrogens with zero attached hydrogens (tertiary/aromatic N) is 1. The first-order valence-electron chi connectivity index (χ1n) is 6.26. The van der Waals surface area contributed by atoms with E-state index in [1.54, 1.807) is 4.90 Å². The summed E-state index contributed by atoms with van der Waals surface area (Å²) in [5, 5.41) is 8.83. The highest BCUT2D eigenvalue weighted by Gasteiger charge is 2.17. The van der Waals surface area contributed by atoms with Gasteiger partial charge in [0.2, 0.25) is 5.91 Å². The molecule has 1 heterocycles. The molecule has 0 aliphatic carbocycles. The third-order valence-corrected chi connectivity index (χ3v) is 3.29. The number of rotatable bonds is 2. The smallest absolute Gasteiger partial charge is 0.248 e. The maximum Gasteiger partial charge on any atom is 0.248 e. The van der Waals surface area contributed by atoms with Gasteiger partial charge in [-0.2, -0.15) is 0 Å². The SMILES string of the molecule is Cc1cc(C)cc(C2=CCN(C(=O)CO)CC2)c1. The van der Waals surface area contributed by atoms with E-state index in [0.29, 0.717) is 13.1 Å². The summed E-state index contributed by atoms with van der Waals surface area (Å²) in [6, 6.07) is 6.53. The standard InChI is InChI=1S/C15H19NO2/c1-11-7-12(2)9-14(8-11)13-3-5-16(6-4-13)15(18)10-17/h3,7-9,17H,4-6,10H2,1-2H3. The van der Waals surface area contributed by atoms with Crippen LogP contribution in [0.3, 0.4) is 0 Å². The predicted octanol–water partition coefficient (Wildman–Crippen LogP) is 1.91. The van der Waals surface area contributed by atoms with E-state index in [0.717, 1.165) is 6.42 Å². The second kappa shape index (κ2) is 5.36. The fourth-order valence-corrected chi connectivity index (χ4v) is 2.42. The van der Waals surface area contributed by atoms with Gasteiger partial charge in [0.15, 0.2) is 0 Å². The molecule has 1 amide bonds. The Balaban J connectivity index is 2.16. The minimum Gasteiger partial charge on any atom is -0.387 e. The van der Waals surface area contributed by atoms with Gasteiger partial charge in [-0.05, 0) is 31.4 Å². The van der Waals surface area contributed by atoms with Gasteiger partial charge in [0.05, 0.1) is 0 Å². The van der Waals surface area contributed by atoms with Crippen LogP contribution in [-0.2, 0) is 4.79 Å². The average molecular weight is 245 g/mol. The van der Waals surface area contributed by atoms with Crippen molar-refractivity contribution in [3.63, 3.8) is 0 Å². The minimum absolute atomic E-state index is 0.189. The number of benzene rings is 1. The normalized spacial score (nSPS) is 15.5. The number of amides is 1. The highest BCUT2D eigenvalue weighted by atomic mass is 16.3. The number of hydrogen-bond donors (Lipinski definition) is 1. The first-order chi connectivity index (χ1) is 8.60. The van der Waals surface area contributed by atoms with Gasteiger partial charge < -0.3 is 10.0 Å². The van der Waals surface area contributed by atoms with Crippen molar-refractivity contribution in [1.29, 1.82) is 0 Å². The monoisotopic (exact) mass is 245 g/mol. The van der Waals surface area contributed by atoms with Gasteiger partial charge >= 0.3 is 0 Å². The summed E-state index contributed by atoms with van der Waals surface area (Å²) >= 11 is 0. The van der Waals surface area contributed by atoms with Gasteiger partial charge in [-0.3, -0.25) is 4.79 Å². The highest BCUT2D eigenvalue weighted by molar-refractivity contribution is 5.79. The Morgan fingerprint density at radius 2 is 1.94 bits per heavy atom. The Morgan fingerprint density at radius 3 is 2.44 bits per heavy atom. The molecule has 0 saturated carbocycles. The molecule has 0 saturated heterocycles. The van der Waals surface area contributed by atoms with Crippen molar-refractivity contribution in [1.82, 2.24) is 4.90 Å². The van der Waals surface area contributed by atoms with E-state index in [1.807, 2.05) is 0 Å². The second-order valence-electron chi connectivity index (χ2n) is 4.85. The van der Waals surface area contributed by atoms with Crippen molar-refractivity contribution in [3.05, 3.63) is 41.0 Å². The molecular formula is C15H19NO2. The second-order valence-corrected chi connectivity index (χ2v) is 4.85. The molecule has 18 heavy (non-hydrogen) atoms. The number of aryl methyl sites for hydroxylation is 2. The molecule has 1 aromatic rings. The van der Waals surface area contributed by atoms with Crippen LogP contribution in [0.5, 0.6) is 0 Å². The molecule has 1 aliphatic rings. The third kappa shape index (κ3) is 2.79. The number of hydrogen-bond acceptors (Lipinski definition) is 2. The highest BCUT2D eigenvalue weighted by Crippen LogP contribution is 2.24. The van der Waals surface area contributed by atoms with Gasteiger partial charge in [-0.25, -0.2) is 0 Å². The number of carbonyl (C=O) groups is 1. The zero-order valence-corrected chi connectivity index (χ0v) is 10.9. The van der Waals surface area contributed by atoms with E-state index in [-0.39, 0.29) is 5.91 Å². The van der Waals surface area contributed by atoms with E-state index in [9.17, 15) is 4.79 Å². The third-order valence-electron chi connectivity index (χ3n) is 3.29. The lowest BCUT2D eigenvalue weighted by Gasteiger charge is -2.26. The molecule has 0 fully saturated rings. The Hall–Kier alpha value is -1.61. The van der Waals surface area contributed by atoms with Crippen LogP contribution in [-0.4, -0.2) is 35.6 Å². The summed E-state index contributed by atoms with van der Waals surface area (Å²) in [6.45, 7) is 5.09. The van der Waals surface area contributed by atoms with Crippen molar-refractivity contribution in [2.75, 3.05) is 19.7 Å². The average Bonchev–Trinajstić information content (AvgIpc) is 2.37. The van der Waals surface area contributed by atoms with Crippen LogP contribution in [0.1, 0.15) is 23.1 Å². The molecule has 0 atom stereocenters. The quantitative estimate of drug-likeness (QED) is 0.864. The fraction of sp³-hybridized carbons (Fsp3) is 0.400. The zero-order valence-electron chi connectivity index (χ0n) is 10.9. The van der Waals surface area contributed by atoms with Gasteiger partial charge in [-0.15, -0.1) is 0 Å². The van der Waals surface area contributed by atoms with Crippen molar-refractivity contribution < 1.29 is 9.90 Å². The Morgan fingerprint density at radius 1 is 1.28 bits per heavy atom. The molecule has 1 N–H and O–H groups in total. The molecule has 0 spiro atoms. The van der Waals surface area contributed by atoms with Crippen LogP contribution in [0, 0.1) is 13.8 Å². The van der Waals surface area contributed by atoms with E-state index < -0.39 is 6.61 Å². The largest absolute Gasteiger partial charge is 0.387 e. The first-order valence-corrected chi connectivity index (χ1v) is 6.26. The fourth-order valence-electron chi connectivity index (χ4n) is 2.42. The summed E-state index contributed by atoms with van der Waals surface area (Å²) in [6.07, 6.45) is 2.94. The van der Waals surface area contributed by atoms with Gasteiger partial charge in [0.1, 0.15) is 6.61 Å². The van der Waals surface area contributed by atoms with Gasteiger partial charge in [0.25, 0.3) is 0 Å². The Labute approximate surface area is 108 Å². The molecule has 1 aliphatic heterocycles. The van der Waals surface area contributed by atoms with Crippen LogP contribution in [0.4, 0.5) is 0 Å². The molecule has 3 nitrogen and oxygen atoms in total. The summed E-state index contributed by atoms with van der Waals surface area (Å²) in [5.41, 5.74) is 5.08. The van der Waals surface area contributed by atoms with Crippen LogP contribution < -0.4 is 0 Å². The molecule has 1 aromatic carbocycles. The zero-order chi connectivity index (χ0) is 13.1. The van der Waals surface area contributed by atoms with Crippen LogP contribution in [0.15, 0.2) is 24.3 Å². The van der Waals surface area contributed by atoms with E-state index >= 15 is 0 Å². The van der Waals surface area contributed by atoms with Crippen LogP contribution >= 0.6 is 0 Å². The first kappa shape index (κ1) is 12.8. The molecule has 2 rings (SSSR count). The number of aliphatic hydroxyl groups is 1. The summed E-state index contributed by atoms with van der Waals surface area (Å²) in [5.74, 6) is -0.189. The van der Waals surface area contributed by atoms with E-state index in [2.05, 4.69) is 38.1 Å². The predicted molar refractivity (Wildman–Crippen MR) is 72.2 cm³/mol. The van der Waals surface area contributed by atoms with Gasteiger partial charge in [0, 0.05) is 13.1 Å². The lowest BCUT2D eigenvalue weighted by atomic mass is 9.96. The maximum absolute atomic E-state index is 11.4. The topological polar surface area (TPSA) is 40.5 Å². The Bertz CT molecular complexity index is 471. The summed E-state index contributed by atoms with van der Waals surface area (Å²) in [4.78, 5) is 13.1. The van der Waals surface area contributed by atoms with E-state index in [4.69, 9.17) is 5.11 Å². The van der Waals surface area contributed by atoms with Crippen molar-refractivity contribution >= 4 is 11.5 Å². The lowest BCUT2D eigenvalue weighted by Crippen LogP contribution is -2.36. The maximum atomic E-state index is 11.4. The molecule has 3 heteroatoms. The van der Waals surface area contributed by atoms with Crippen molar-refractivity contribution in [3.8, 4) is 0 Å². The van der Waals surface area contributed by atoms with E-state index in [1.165, 1.54) is 22.3 Å². The molecule has 0 unspecified atom stereocenters. The van der Waals surface area contributed by atoms with Crippen molar-refractivity contribution in [2.24, 2.45) is 0 Å². The molecular weight excluding hydrogens is 226 g/mol. The molecule has 0 aromatic heterocycles. The number of aliphatic hydroxyl groups excluding tert-OH is 1. The molecule has 0 bridgehead atoms. The minimum atomic E-state index is -0.396. The van der Waals surface area contributed by atoms with Gasteiger partial charge in [-0.1, -0.05) is 35.4 Å². The summed E-state index contributed by atoms with van der Waals surface area (Å²) in [7, 11) is 0. The van der Waals surface area contributed by atoms with Crippen molar-refractivity contribution in [2.45, 2.75) is 20.3 Å². The number of carbonyl (C=O) groups excluding carboxylic acids is 1. The lowest BCUT2D eigenvalue weighted by molar-refractivity contribution is -0.133.